The number of hydrogen-bond acceptors (Lipinski definition) is 3. The molecule has 0 bridgehead atoms. The number of hydrogen-bond donors (Lipinski definition) is 1. The summed E-state index contributed by atoms with van der Waals surface area (Å²) in [4.78, 5) is 11.5. The van der Waals surface area contributed by atoms with E-state index >= 15 is 0 Å². The predicted molar refractivity (Wildman–Crippen MR) is 75.8 cm³/mol. The molecular formula is C17H23O3-. The summed E-state index contributed by atoms with van der Waals surface area (Å²) in [6.45, 7) is 5.63. The van der Waals surface area contributed by atoms with Crippen LogP contribution in [0.3, 0.4) is 0 Å². The van der Waals surface area contributed by atoms with Crippen molar-refractivity contribution in [1.82, 2.24) is 0 Å². The molecular weight excluding hydrogens is 252 g/mol. The van der Waals surface area contributed by atoms with Crippen LogP contribution in [0.2, 0.25) is 0 Å². The molecule has 1 N–H and O–H groups in total. The summed E-state index contributed by atoms with van der Waals surface area (Å²) in [6, 6.07) is 9.83. The van der Waals surface area contributed by atoms with Crippen LogP contribution in [0.5, 0.6) is 0 Å². The number of aliphatic hydroxyl groups excluding tert-OH is 1. The fourth-order valence-electron chi connectivity index (χ4n) is 3.57. The van der Waals surface area contributed by atoms with Crippen molar-refractivity contribution < 1.29 is 15.0 Å². The third kappa shape index (κ3) is 2.35. The van der Waals surface area contributed by atoms with Crippen LogP contribution < -0.4 is 5.11 Å². The second kappa shape index (κ2) is 5.21. The highest BCUT2D eigenvalue weighted by atomic mass is 16.4. The molecule has 3 heteroatoms. The number of carboxylic acids is 1. The van der Waals surface area contributed by atoms with E-state index in [9.17, 15) is 15.0 Å². The van der Waals surface area contributed by atoms with Crippen LogP contribution in [0.1, 0.15) is 39.2 Å². The summed E-state index contributed by atoms with van der Waals surface area (Å²) in [5, 5.41) is 22.0. The molecule has 2 rings (SSSR count). The first-order valence-electron chi connectivity index (χ1n) is 7.22. The van der Waals surface area contributed by atoms with Crippen LogP contribution in [0.4, 0.5) is 0 Å². The molecule has 0 spiro atoms. The van der Waals surface area contributed by atoms with Gasteiger partial charge in [-0.3, -0.25) is 0 Å². The monoisotopic (exact) mass is 275 g/mol. The third-order valence-corrected chi connectivity index (χ3v) is 5.51. The van der Waals surface area contributed by atoms with Gasteiger partial charge in [-0.05, 0) is 36.2 Å². The number of rotatable bonds is 4. The molecule has 1 aromatic carbocycles. The van der Waals surface area contributed by atoms with E-state index in [1.807, 2.05) is 44.2 Å². The van der Waals surface area contributed by atoms with Crippen molar-refractivity contribution in [3.8, 4) is 0 Å². The fraction of sp³-hybridized carbons (Fsp3) is 0.588. The summed E-state index contributed by atoms with van der Waals surface area (Å²) < 4.78 is 0. The van der Waals surface area contributed by atoms with Gasteiger partial charge in [0.15, 0.2) is 0 Å². The van der Waals surface area contributed by atoms with E-state index in [2.05, 4.69) is 0 Å². The molecule has 1 aromatic rings. The summed E-state index contributed by atoms with van der Waals surface area (Å²) in [6.07, 6.45) is 1.34. The van der Waals surface area contributed by atoms with Gasteiger partial charge in [0.2, 0.25) is 0 Å². The average molecular weight is 275 g/mol. The van der Waals surface area contributed by atoms with Crippen molar-refractivity contribution in [2.24, 2.45) is 16.7 Å². The minimum atomic E-state index is -1.00. The number of carbonyl (C=O) groups is 1. The molecule has 0 aliphatic heterocycles. The Hall–Kier alpha value is -1.35. The molecule has 1 aliphatic rings. The van der Waals surface area contributed by atoms with E-state index in [4.69, 9.17) is 0 Å². The van der Waals surface area contributed by atoms with Crippen LogP contribution in [-0.4, -0.2) is 17.2 Å². The standard InChI is InChI=1S/C17H24O3/c1-16(2)13(9-10-17(16,3)15(19)20)14(18)11-12-7-5-4-6-8-12/h4-8,13-14,18H,9-11H2,1-3H3,(H,19,20)/p-1/t13-,14-,17+/m1/s1. The largest absolute Gasteiger partial charge is 0.550 e. The van der Waals surface area contributed by atoms with Gasteiger partial charge in [-0.15, -0.1) is 0 Å². The van der Waals surface area contributed by atoms with Crippen LogP contribution in [0.15, 0.2) is 30.3 Å². The molecule has 0 radical (unpaired) electrons. The number of carbonyl (C=O) groups excluding carboxylic acids is 1. The Morgan fingerprint density at radius 1 is 1.35 bits per heavy atom. The smallest absolute Gasteiger partial charge is 0.0614 e. The lowest BCUT2D eigenvalue weighted by molar-refractivity contribution is -0.323. The molecule has 1 aliphatic carbocycles. The Morgan fingerprint density at radius 3 is 2.45 bits per heavy atom. The first-order valence-corrected chi connectivity index (χ1v) is 7.22. The van der Waals surface area contributed by atoms with Crippen molar-refractivity contribution in [2.75, 3.05) is 0 Å². The summed E-state index contributed by atoms with van der Waals surface area (Å²) >= 11 is 0. The highest BCUT2D eigenvalue weighted by Crippen LogP contribution is 2.56. The Balaban J connectivity index is 2.16. The van der Waals surface area contributed by atoms with Gasteiger partial charge in [0.1, 0.15) is 0 Å². The molecule has 3 nitrogen and oxygen atoms in total. The normalized spacial score (nSPS) is 30.1. The fourth-order valence-corrected chi connectivity index (χ4v) is 3.57. The quantitative estimate of drug-likeness (QED) is 0.911. The lowest BCUT2D eigenvalue weighted by Gasteiger charge is -2.43. The van der Waals surface area contributed by atoms with E-state index in [1.54, 1.807) is 6.92 Å². The van der Waals surface area contributed by atoms with Crippen LogP contribution in [-0.2, 0) is 11.2 Å². The number of aliphatic hydroxyl groups is 1. The first kappa shape index (κ1) is 15.0. The lowest BCUT2D eigenvalue weighted by Crippen LogP contribution is -2.49. The van der Waals surface area contributed by atoms with Gasteiger partial charge in [0.25, 0.3) is 0 Å². The van der Waals surface area contributed by atoms with Gasteiger partial charge in [0.05, 0.1) is 6.10 Å². The van der Waals surface area contributed by atoms with Gasteiger partial charge in [-0.25, -0.2) is 0 Å². The Bertz CT molecular complexity index is 480. The zero-order valence-electron chi connectivity index (χ0n) is 12.4. The van der Waals surface area contributed by atoms with Crippen LogP contribution in [0, 0.1) is 16.7 Å². The summed E-state index contributed by atoms with van der Waals surface area (Å²) in [5.41, 5.74) is -0.257. The Kier molecular flexibility index (Phi) is 3.92. The SMILES string of the molecule is CC1(C)[C@@H]([C@H](O)Cc2ccccc2)CC[C@@]1(C)C(=O)[O-]. The predicted octanol–water partition coefficient (Wildman–Crippen LogP) is 1.78. The minimum absolute atomic E-state index is 0.0226. The van der Waals surface area contributed by atoms with E-state index in [0.29, 0.717) is 12.8 Å². The van der Waals surface area contributed by atoms with Crippen molar-refractivity contribution in [2.45, 2.75) is 46.1 Å². The molecule has 20 heavy (non-hydrogen) atoms. The molecule has 0 unspecified atom stereocenters. The molecule has 0 heterocycles. The van der Waals surface area contributed by atoms with Gasteiger partial charge in [-0.2, -0.15) is 0 Å². The molecule has 110 valence electrons. The highest BCUT2D eigenvalue weighted by Gasteiger charge is 2.54. The van der Waals surface area contributed by atoms with Crippen molar-refractivity contribution >= 4 is 5.97 Å². The highest BCUT2D eigenvalue weighted by molar-refractivity contribution is 5.73. The van der Waals surface area contributed by atoms with Crippen molar-refractivity contribution in [3.05, 3.63) is 35.9 Å². The second-order valence-electron chi connectivity index (χ2n) is 6.74. The van der Waals surface area contributed by atoms with Crippen molar-refractivity contribution in [3.63, 3.8) is 0 Å². The van der Waals surface area contributed by atoms with Crippen molar-refractivity contribution in [1.29, 1.82) is 0 Å². The topological polar surface area (TPSA) is 60.4 Å². The summed E-state index contributed by atoms with van der Waals surface area (Å²) in [7, 11) is 0. The maximum absolute atomic E-state index is 11.5. The second-order valence-corrected chi connectivity index (χ2v) is 6.74. The molecule has 0 saturated heterocycles. The van der Waals surface area contributed by atoms with Gasteiger partial charge >= 0.3 is 0 Å². The third-order valence-electron chi connectivity index (χ3n) is 5.51. The van der Waals surface area contributed by atoms with E-state index < -0.39 is 22.9 Å². The molecule has 1 saturated carbocycles. The number of aliphatic carboxylic acids is 1. The van der Waals surface area contributed by atoms with E-state index in [0.717, 1.165) is 12.0 Å². The molecule has 0 aromatic heterocycles. The van der Waals surface area contributed by atoms with Gasteiger partial charge in [0, 0.05) is 11.4 Å². The van der Waals surface area contributed by atoms with Crippen LogP contribution >= 0.6 is 0 Å². The minimum Gasteiger partial charge on any atom is -0.550 e. The number of benzene rings is 1. The zero-order valence-corrected chi connectivity index (χ0v) is 12.4. The maximum Gasteiger partial charge on any atom is 0.0614 e. The Labute approximate surface area is 120 Å². The van der Waals surface area contributed by atoms with E-state index in [-0.39, 0.29) is 5.92 Å². The van der Waals surface area contributed by atoms with Crippen LogP contribution in [0.25, 0.3) is 0 Å². The molecule has 0 amide bonds. The average Bonchev–Trinajstić information content (AvgIpc) is 2.63. The maximum atomic E-state index is 11.5. The van der Waals surface area contributed by atoms with E-state index in [1.165, 1.54) is 0 Å². The molecule has 1 fully saturated rings. The van der Waals surface area contributed by atoms with Gasteiger partial charge < -0.3 is 15.0 Å². The Morgan fingerprint density at radius 2 is 1.95 bits per heavy atom. The first-order chi connectivity index (χ1) is 9.29. The summed E-state index contributed by atoms with van der Waals surface area (Å²) in [5.74, 6) is -1.03. The van der Waals surface area contributed by atoms with Gasteiger partial charge in [-0.1, -0.05) is 51.1 Å². The number of carboxylic acid groups (broad SMARTS) is 1. The zero-order chi connectivity index (χ0) is 15.0. The molecule has 3 atom stereocenters. The lowest BCUT2D eigenvalue weighted by atomic mass is 9.64.